The number of thiazole rings is 1. The van der Waals surface area contributed by atoms with Crippen LogP contribution in [0.3, 0.4) is 0 Å². The highest BCUT2D eigenvalue weighted by Gasteiger charge is 2.42. The van der Waals surface area contributed by atoms with Crippen LogP contribution >= 0.6 is 27.3 Å². The summed E-state index contributed by atoms with van der Waals surface area (Å²) in [6.45, 7) is 11.1. The summed E-state index contributed by atoms with van der Waals surface area (Å²) < 4.78 is 6.99. The van der Waals surface area contributed by atoms with E-state index in [0.29, 0.717) is 0 Å². The molecule has 0 N–H and O–H groups in total. The first-order valence-electron chi connectivity index (χ1n) is 5.36. The van der Waals surface area contributed by atoms with E-state index in [2.05, 4.69) is 48.2 Å². The summed E-state index contributed by atoms with van der Waals surface area (Å²) in [5.74, 6) is 0. The fourth-order valence-electron chi connectivity index (χ4n) is 1.44. The Morgan fingerprint density at radius 3 is 2.31 bits per heavy atom. The summed E-state index contributed by atoms with van der Waals surface area (Å²) >= 11 is 5.26. The maximum atomic E-state index is 5.85. The number of nitrogens with zero attached hydrogens (tertiary/aromatic N) is 1. The van der Waals surface area contributed by atoms with Crippen LogP contribution in [0.1, 0.15) is 31.5 Å². The van der Waals surface area contributed by atoms with Gasteiger partial charge in [0.1, 0.15) is 0 Å². The predicted molar refractivity (Wildman–Crippen MR) is 76.6 cm³/mol. The van der Waals surface area contributed by atoms with Crippen molar-refractivity contribution in [1.29, 1.82) is 0 Å². The van der Waals surface area contributed by atoms with Crippen molar-refractivity contribution in [2.45, 2.75) is 45.3 Å². The first kappa shape index (κ1) is 14.3. The highest BCUT2D eigenvalue weighted by molar-refractivity contribution is 9.11. The smallest absolute Gasteiger partial charge is 0.201 e. The fourth-order valence-corrected chi connectivity index (χ4v) is 5.73. The van der Waals surface area contributed by atoms with Gasteiger partial charge in [-0.1, -0.05) is 20.8 Å². The summed E-state index contributed by atoms with van der Waals surface area (Å²) in [5.41, 5.74) is 1.08. The van der Waals surface area contributed by atoms with Gasteiger partial charge in [-0.25, -0.2) is 4.98 Å². The molecule has 1 heterocycles. The van der Waals surface area contributed by atoms with Gasteiger partial charge in [0.25, 0.3) is 0 Å². The van der Waals surface area contributed by atoms with Gasteiger partial charge in [-0.05, 0) is 34.4 Å². The van der Waals surface area contributed by atoms with Gasteiger partial charge in [0.05, 0.1) is 14.5 Å². The van der Waals surface area contributed by atoms with Crippen LogP contribution in [0.2, 0.25) is 11.6 Å². The minimum Gasteiger partial charge on any atom is -0.419 e. The molecule has 0 aliphatic rings. The van der Waals surface area contributed by atoms with E-state index in [9.17, 15) is 0 Å². The van der Waals surface area contributed by atoms with Crippen LogP contribution in [0.25, 0.3) is 0 Å². The largest absolute Gasteiger partial charge is 0.419 e. The quantitative estimate of drug-likeness (QED) is 0.773. The maximum Gasteiger partial charge on any atom is 0.201 e. The molecule has 2 nitrogen and oxygen atoms in total. The zero-order chi connectivity index (χ0) is 12.6. The molecule has 1 aromatic heterocycles. The Morgan fingerprint density at radius 2 is 2.00 bits per heavy atom. The summed E-state index contributed by atoms with van der Waals surface area (Å²) in [6, 6.07) is 0.990. The zero-order valence-corrected chi connectivity index (χ0v) is 14.3. The predicted octanol–water partition coefficient (Wildman–Crippen LogP) is 4.32. The van der Waals surface area contributed by atoms with E-state index in [-0.39, 0.29) is 5.04 Å². The lowest BCUT2D eigenvalue weighted by molar-refractivity contribution is 0.365. The lowest BCUT2D eigenvalue weighted by Crippen LogP contribution is -2.45. The number of halogens is 1. The summed E-state index contributed by atoms with van der Waals surface area (Å²) in [6.07, 6.45) is 0. The topological polar surface area (TPSA) is 22.1 Å². The molecule has 0 spiro atoms. The van der Waals surface area contributed by atoms with Crippen LogP contribution in [0.5, 0.6) is 0 Å². The van der Waals surface area contributed by atoms with Crippen molar-refractivity contribution in [3.05, 3.63) is 14.5 Å². The molecule has 0 aliphatic carbocycles. The molecule has 16 heavy (non-hydrogen) atoms. The molecule has 1 aromatic rings. The van der Waals surface area contributed by atoms with Gasteiger partial charge < -0.3 is 4.43 Å². The van der Waals surface area contributed by atoms with Crippen LogP contribution in [-0.4, -0.2) is 20.4 Å². The first-order chi connectivity index (χ1) is 7.19. The Kier molecular flexibility index (Phi) is 4.38. The van der Waals surface area contributed by atoms with Gasteiger partial charge >= 0.3 is 0 Å². The molecule has 0 aliphatic heterocycles. The molecule has 0 saturated carbocycles. The summed E-state index contributed by atoms with van der Waals surface area (Å²) in [5, 5.41) is 1.42. The van der Waals surface area contributed by atoms with Crippen molar-refractivity contribution in [1.82, 2.24) is 4.98 Å². The van der Waals surface area contributed by atoms with Gasteiger partial charge in [-0.2, -0.15) is 0 Å². The van der Waals surface area contributed by atoms with Gasteiger partial charge in [-0.15, -0.1) is 11.3 Å². The molecule has 0 radical (unpaired) electrons. The SMILES string of the molecule is CO[Si](C)(Cc1nc(C)c(Br)s1)C(C)(C)C. The van der Waals surface area contributed by atoms with E-state index >= 15 is 0 Å². The minimum absolute atomic E-state index is 0.230. The zero-order valence-electron chi connectivity index (χ0n) is 10.8. The van der Waals surface area contributed by atoms with Crippen LogP contribution in [-0.2, 0) is 10.5 Å². The average Bonchev–Trinajstić information content (AvgIpc) is 2.43. The molecule has 1 unspecified atom stereocenters. The Labute approximate surface area is 112 Å². The number of aryl methyl sites for hydroxylation is 1. The highest BCUT2D eigenvalue weighted by atomic mass is 79.9. The van der Waals surface area contributed by atoms with Gasteiger partial charge in [0.2, 0.25) is 8.32 Å². The Morgan fingerprint density at radius 1 is 1.44 bits per heavy atom. The van der Waals surface area contributed by atoms with Crippen molar-refractivity contribution < 1.29 is 4.43 Å². The molecule has 1 rings (SSSR count). The molecular weight excluding hydrogens is 302 g/mol. The Hall–Kier alpha value is 0.287. The third kappa shape index (κ3) is 2.94. The minimum atomic E-state index is -1.75. The van der Waals surface area contributed by atoms with Gasteiger partial charge in [0, 0.05) is 13.2 Å². The van der Waals surface area contributed by atoms with E-state index in [0.717, 1.165) is 15.5 Å². The lowest BCUT2D eigenvalue weighted by Gasteiger charge is -2.37. The molecule has 0 fully saturated rings. The van der Waals surface area contributed by atoms with Crippen molar-refractivity contribution >= 4 is 35.6 Å². The molecule has 0 aromatic carbocycles. The maximum absolute atomic E-state index is 5.85. The fraction of sp³-hybridized carbons (Fsp3) is 0.727. The molecular formula is C11H20BrNOSSi. The van der Waals surface area contributed by atoms with Crippen molar-refractivity contribution in [2.24, 2.45) is 0 Å². The van der Waals surface area contributed by atoms with E-state index in [1.807, 2.05) is 14.0 Å². The summed E-state index contributed by atoms with van der Waals surface area (Å²) in [4.78, 5) is 4.58. The van der Waals surface area contributed by atoms with Gasteiger partial charge in [0.15, 0.2) is 0 Å². The molecule has 0 saturated heterocycles. The normalized spacial score (nSPS) is 16.2. The number of aromatic nitrogens is 1. The van der Waals surface area contributed by atoms with Crippen LogP contribution in [0, 0.1) is 6.92 Å². The average molecular weight is 322 g/mol. The monoisotopic (exact) mass is 321 g/mol. The van der Waals surface area contributed by atoms with E-state index in [1.165, 1.54) is 5.01 Å². The molecule has 5 heteroatoms. The Bertz CT molecular complexity index is 355. The second-order valence-electron chi connectivity index (χ2n) is 5.33. The number of rotatable bonds is 3. The molecule has 0 amide bonds. The number of hydrogen-bond donors (Lipinski definition) is 0. The Balaban J connectivity index is 2.94. The third-order valence-corrected chi connectivity index (χ3v) is 10.7. The van der Waals surface area contributed by atoms with Crippen LogP contribution in [0.4, 0.5) is 0 Å². The van der Waals surface area contributed by atoms with E-state index in [4.69, 9.17) is 4.43 Å². The summed E-state index contributed by atoms with van der Waals surface area (Å²) in [7, 11) is 0.0920. The van der Waals surface area contributed by atoms with Crippen LogP contribution in [0.15, 0.2) is 3.79 Å². The third-order valence-electron chi connectivity index (χ3n) is 3.31. The second kappa shape index (κ2) is 4.88. The second-order valence-corrected chi connectivity index (χ2v) is 12.5. The molecule has 0 bridgehead atoms. The number of hydrogen-bond acceptors (Lipinski definition) is 3. The van der Waals surface area contributed by atoms with Crippen molar-refractivity contribution in [2.75, 3.05) is 7.11 Å². The molecule has 92 valence electrons. The molecule has 1 atom stereocenters. The van der Waals surface area contributed by atoms with Crippen molar-refractivity contribution in [3.8, 4) is 0 Å². The highest BCUT2D eigenvalue weighted by Crippen LogP contribution is 2.39. The first-order valence-corrected chi connectivity index (χ1v) is 9.59. The van der Waals surface area contributed by atoms with E-state index < -0.39 is 8.32 Å². The standard InChI is InChI=1S/C11H20BrNOSSi/c1-8-10(12)15-9(13-8)7-16(6,14-5)11(2,3)4/h7H2,1-6H3. The van der Waals surface area contributed by atoms with Crippen molar-refractivity contribution in [3.63, 3.8) is 0 Å². The lowest BCUT2D eigenvalue weighted by atomic mass is 10.2. The van der Waals surface area contributed by atoms with Crippen LogP contribution < -0.4 is 0 Å². The van der Waals surface area contributed by atoms with E-state index in [1.54, 1.807) is 11.3 Å². The van der Waals surface area contributed by atoms with Gasteiger partial charge in [-0.3, -0.25) is 0 Å².